The molecule has 0 aliphatic heterocycles. The fourth-order valence-corrected chi connectivity index (χ4v) is 10.0. The Hall–Kier alpha value is -0.110. The highest BCUT2D eigenvalue weighted by molar-refractivity contribution is 7.58. The molecule has 27 heavy (non-hydrogen) atoms. The second-order valence-electron chi connectivity index (χ2n) is 10.0. The normalized spacial score (nSPS) is 44.2. The van der Waals surface area contributed by atoms with Crippen LogP contribution in [0.1, 0.15) is 85.5 Å². The second kappa shape index (κ2) is 7.29. The molecule has 0 heterocycles. The average molecular weight is 395 g/mol. The highest BCUT2D eigenvalue weighted by Crippen LogP contribution is 2.73. The van der Waals surface area contributed by atoms with Crippen LogP contribution in [0.4, 0.5) is 0 Å². The van der Waals surface area contributed by atoms with Crippen molar-refractivity contribution in [1.29, 1.82) is 0 Å². The molecule has 0 aromatic carbocycles. The van der Waals surface area contributed by atoms with Gasteiger partial charge in [-0.05, 0) is 87.9 Å². The summed E-state index contributed by atoms with van der Waals surface area (Å²) in [4.78, 5) is 0. The Morgan fingerprint density at radius 1 is 1.00 bits per heavy atom. The lowest BCUT2D eigenvalue weighted by molar-refractivity contribution is -0.0981. The zero-order chi connectivity index (χ0) is 19.3. The molecule has 3 fully saturated rings. The van der Waals surface area contributed by atoms with E-state index in [-0.39, 0.29) is 5.41 Å². The van der Waals surface area contributed by atoms with E-state index in [2.05, 4.69) is 19.9 Å². The first kappa shape index (κ1) is 20.2. The van der Waals surface area contributed by atoms with Gasteiger partial charge in [0.15, 0.2) is 0 Å². The van der Waals surface area contributed by atoms with Gasteiger partial charge in [-0.3, -0.25) is 4.57 Å². The van der Waals surface area contributed by atoms with Crippen molar-refractivity contribution in [2.45, 2.75) is 85.5 Å². The third-order valence-corrected chi connectivity index (χ3v) is 11.5. The number of rotatable bonds is 5. The fraction of sp³-hybridized carbons (Fsp3) is 0.913. The molecule has 3 saturated carbocycles. The minimum Gasteiger partial charge on any atom is -0.306 e. The molecule has 4 heteroatoms. The predicted octanol–water partition coefficient (Wildman–Crippen LogP) is 7.18. The first-order valence-corrected chi connectivity index (χ1v) is 13.0. The molecule has 4 aliphatic rings. The van der Waals surface area contributed by atoms with E-state index in [0.29, 0.717) is 24.5 Å². The maximum Gasteiger partial charge on any atom is 0.357 e. The van der Waals surface area contributed by atoms with Gasteiger partial charge in [0.05, 0.1) is 13.2 Å². The first-order chi connectivity index (χ1) is 12.9. The standard InChI is InChI=1S/C23H39O3P/c1-5-25-27(24,26-6-2)21-13-12-19-18-11-10-17-9-7-8-15-22(17,3)20(18)14-16-23(19,21)4/h13,17-20H,5-12,14-16H2,1-4H3/t17-,18+,19+,20+,22+,23+/m1/s1. The molecule has 0 aromatic heterocycles. The molecule has 3 nitrogen and oxygen atoms in total. The second-order valence-corrected chi connectivity index (χ2v) is 12.0. The smallest absolute Gasteiger partial charge is 0.306 e. The summed E-state index contributed by atoms with van der Waals surface area (Å²) in [5, 5.41) is 1.01. The Morgan fingerprint density at radius 2 is 1.74 bits per heavy atom. The molecule has 0 saturated heterocycles. The quantitative estimate of drug-likeness (QED) is 0.463. The van der Waals surface area contributed by atoms with Gasteiger partial charge in [-0.25, -0.2) is 0 Å². The molecule has 4 rings (SSSR count). The molecule has 154 valence electrons. The lowest BCUT2D eigenvalue weighted by Crippen LogP contribution is -2.52. The highest BCUT2D eigenvalue weighted by atomic mass is 31.2. The molecule has 0 N–H and O–H groups in total. The van der Waals surface area contributed by atoms with Gasteiger partial charge >= 0.3 is 7.60 Å². The van der Waals surface area contributed by atoms with Crippen LogP contribution in [0.5, 0.6) is 0 Å². The predicted molar refractivity (Wildman–Crippen MR) is 111 cm³/mol. The summed E-state index contributed by atoms with van der Waals surface area (Å²) in [5.41, 5.74) is 0.549. The number of fused-ring (bicyclic) bond motifs is 5. The Labute approximate surface area is 166 Å². The van der Waals surface area contributed by atoms with E-state index in [1.807, 2.05) is 13.8 Å². The van der Waals surface area contributed by atoms with E-state index in [9.17, 15) is 4.57 Å². The lowest BCUT2D eigenvalue weighted by Gasteiger charge is -2.60. The van der Waals surface area contributed by atoms with Gasteiger partial charge in [-0.1, -0.05) is 32.8 Å². The average Bonchev–Trinajstić information content (AvgIpc) is 2.99. The molecular formula is C23H39O3P. The zero-order valence-corrected chi connectivity index (χ0v) is 18.7. The van der Waals surface area contributed by atoms with Crippen molar-refractivity contribution in [1.82, 2.24) is 0 Å². The Kier molecular flexibility index (Phi) is 5.45. The number of allylic oxidation sites excluding steroid dienone is 2. The zero-order valence-electron chi connectivity index (χ0n) is 17.8. The lowest BCUT2D eigenvalue weighted by atomic mass is 9.45. The summed E-state index contributed by atoms with van der Waals surface area (Å²) in [7, 11) is -3.15. The van der Waals surface area contributed by atoms with Crippen LogP contribution in [0.25, 0.3) is 0 Å². The van der Waals surface area contributed by atoms with E-state index >= 15 is 0 Å². The first-order valence-electron chi connectivity index (χ1n) is 11.5. The topological polar surface area (TPSA) is 35.5 Å². The monoisotopic (exact) mass is 394 g/mol. The summed E-state index contributed by atoms with van der Waals surface area (Å²) >= 11 is 0. The van der Waals surface area contributed by atoms with Crippen molar-refractivity contribution in [3.8, 4) is 0 Å². The molecule has 0 bridgehead atoms. The van der Waals surface area contributed by atoms with Crippen molar-refractivity contribution < 1.29 is 13.6 Å². The number of hydrogen-bond donors (Lipinski definition) is 0. The summed E-state index contributed by atoms with van der Waals surface area (Å²) in [6.45, 7) is 9.71. The highest BCUT2D eigenvalue weighted by Gasteiger charge is 2.60. The van der Waals surface area contributed by atoms with Crippen molar-refractivity contribution in [2.75, 3.05) is 13.2 Å². The van der Waals surface area contributed by atoms with Gasteiger partial charge in [0.1, 0.15) is 0 Å². The molecule has 0 radical (unpaired) electrons. The van der Waals surface area contributed by atoms with Gasteiger partial charge in [0.2, 0.25) is 0 Å². The van der Waals surface area contributed by atoms with Crippen molar-refractivity contribution >= 4 is 7.60 Å². The van der Waals surface area contributed by atoms with Crippen LogP contribution in [-0.4, -0.2) is 13.2 Å². The largest absolute Gasteiger partial charge is 0.357 e. The third-order valence-electron chi connectivity index (χ3n) is 9.02. The van der Waals surface area contributed by atoms with E-state index in [0.717, 1.165) is 35.9 Å². The van der Waals surface area contributed by atoms with E-state index < -0.39 is 7.60 Å². The van der Waals surface area contributed by atoms with Crippen molar-refractivity contribution in [2.24, 2.45) is 34.5 Å². The van der Waals surface area contributed by atoms with Crippen LogP contribution in [0.3, 0.4) is 0 Å². The maximum atomic E-state index is 13.6. The molecule has 6 atom stereocenters. The maximum absolute atomic E-state index is 13.6. The van der Waals surface area contributed by atoms with Crippen molar-refractivity contribution in [3.05, 3.63) is 11.4 Å². The van der Waals surface area contributed by atoms with E-state index in [4.69, 9.17) is 9.05 Å². The minimum atomic E-state index is -3.15. The Balaban J connectivity index is 1.62. The Bertz CT molecular complexity index is 634. The van der Waals surface area contributed by atoms with Gasteiger partial charge in [0, 0.05) is 10.7 Å². The summed E-state index contributed by atoms with van der Waals surface area (Å²) < 4.78 is 25.2. The van der Waals surface area contributed by atoms with Gasteiger partial charge in [0.25, 0.3) is 0 Å². The van der Waals surface area contributed by atoms with Gasteiger partial charge in [-0.2, -0.15) is 0 Å². The Morgan fingerprint density at radius 3 is 2.44 bits per heavy atom. The fourth-order valence-electron chi connectivity index (χ4n) is 7.78. The minimum absolute atomic E-state index is 0.00109. The molecule has 0 aromatic rings. The third kappa shape index (κ3) is 3.03. The van der Waals surface area contributed by atoms with Gasteiger partial charge in [-0.15, -0.1) is 0 Å². The molecule has 0 amide bonds. The van der Waals surface area contributed by atoms with E-state index in [1.165, 1.54) is 44.9 Å². The summed E-state index contributed by atoms with van der Waals surface area (Å²) in [6.07, 6.45) is 14.3. The van der Waals surface area contributed by atoms with Crippen LogP contribution in [0.15, 0.2) is 11.4 Å². The molecular weight excluding hydrogens is 355 g/mol. The van der Waals surface area contributed by atoms with Crippen LogP contribution in [0, 0.1) is 34.5 Å². The van der Waals surface area contributed by atoms with Crippen LogP contribution in [0.2, 0.25) is 0 Å². The van der Waals surface area contributed by atoms with Crippen molar-refractivity contribution in [3.63, 3.8) is 0 Å². The molecule has 0 unspecified atom stereocenters. The summed E-state index contributed by atoms with van der Waals surface area (Å²) in [5.74, 6) is 3.22. The molecule has 4 aliphatic carbocycles. The van der Waals surface area contributed by atoms with Crippen LogP contribution in [-0.2, 0) is 13.6 Å². The van der Waals surface area contributed by atoms with Gasteiger partial charge < -0.3 is 9.05 Å². The van der Waals surface area contributed by atoms with E-state index in [1.54, 1.807) is 0 Å². The SMILES string of the molecule is CCOP(=O)(OCC)C1=CC[C@H]2[C@@H]3CC[C@H]4CCCC[C@]4(C)[C@H]3CC[C@]12C. The number of hydrogen-bond acceptors (Lipinski definition) is 3. The van der Waals surface area contributed by atoms with Crippen LogP contribution >= 0.6 is 7.60 Å². The molecule has 0 spiro atoms. The van der Waals surface area contributed by atoms with Crippen LogP contribution < -0.4 is 0 Å². The summed E-state index contributed by atoms with van der Waals surface area (Å²) in [6, 6.07) is 0.